The average molecular weight is 487 g/mol. The summed E-state index contributed by atoms with van der Waals surface area (Å²) in [6, 6.07) is 18.1. The van der Waals surface area contributed by atoms with E-state index in [1.54, 1.807) is 18.2 Å². The van der Waals surface area contributed by atoms with Gasteiger partial charge in [-0.15, -0.1) is 11.3 Å². The number of nitrogens with one attached hydrogen (secondary N) is 2. The lowest BCUT2D eigenvalue weighted by Crippen LogP contribution is -2.31. The average Bonchev–Trinajstić information content (AvgIpc) is 3.48. The van der Waals surface area contributed by atoms with Crippen molar-refractivity contribution in [3.05, 3.63) is 87.7 Å². The van der Waals surface area contributed by atoms with Crippen LogP contribution in [0.3, 0.4) is 0 Å². The highest BCUT2D eigenvalue weighted by Crippen LogP contribution is 2.39. The van der Waals surface area contributed by atoms with Gasteiger partial charge >= 0.3 is 6.03 Å². The van der Waals surface area contributed by atoms with Crippen molar-refractivity contribution < 1.29 is 14.7 Å². The molecule has 0 spiro atoms. The third kappa shape index (κ3) is 4.97. The Balaban J connectivity index is 1.36. The van der Waals surface area contributed by atoms with Crippen LogP contribution in [0, 0.1) is 6.92 Å². The number of thiophene rings is 1. The second-order valence-corrected chi connectivity index (χ2v) is 9.75. The van der Waals surface area contributed by atoms with Crippen molar-refractivity contribution in [2.24, 2.45) is 0 Å². The summed E-state index contributed by atoms with van der Waals surface area (Å²) in [7, 11) is 0. The molecule has 0 radical (unpaired) electrons. The molecule has 2 amide bonds. The molecule has 7 nitrogen and oxygen atoms in total. The lowest BCUT2D eigenvalue weighted by molar-refractivity contribution is 0.103. The van der Waals surface area contributed by atoms with Gasteiger partial charge in [-0.05, 0) is 55.0 Å². The van der Waals surface area contributed by atoms with Crippen LogP contribution in [0.1, 0.15) is 51.7 Å². The predicted octanol–water partition coefficient (Wildman–Crippen LogP) is 5.90. The molecule has 0 unspecified atom stereocenters. The molecular weight excluding hydrogens is 460 g/mol. The van der Waals surface area contributed by atoms with E-state index < -0.39 is 0 Å². The van der Waals surface area contributed by atoms with Gasteiger partial charge in [0, 0.05) is 29.8 Å². The van der Waals surface area contributed by atoms with E-state index in [0.717, 1.165) is 30.5 Å². The van der Waals surface area contributed by atoms with Gasteiger partial charge in [0.05, 0.1) is 16.3 Å². The first-order chi connectivity index (χ1) is 17.0. The summed E-state index contributed by atoms with van der Waals surface area (Å²) < 4.78 is 1.43. The van der Waals surface area contributed by atoms with E-state index in [4.69, 9.17) is 0 Å². The fourth-order valence-corrected chi connectivity index (χ4v) is 4.69. The zero-order valence-corrected chi connectivity index (χ0v) is 20.1. The maximum Gasteiger partial charge on any atom is 0.342 e. The van der Waals surface area contributed by atoms with Crippen LogP contribution < -0.4 is 10.6 Å². The number of carbonyl (C=O) groups is 2. The number of hydrogen-bond donors (Lipinski definition) is 3. The minimum atomic E-state index is -0.293. The number of nitrogens with zero attached hydrogens (tertiary/aromatic N) is 2. The highest BCUT2D eigenvalue weighted by atomic mass is 32.1. The number of anilines is 1. The van der Waals surface area contributed by atoms with Crippen LogP contribution in [0.2, 0.25) is 0 Å². The number of aromatic hydroxyl groups is 1. The Labute approximate surface area is 207 Å². The third-order valence-electron chi connectivity index (χ3n) is 6.29. The summed E-state index contributed by atoms with van der Waals surface area (Å²) in [5.74, 6) is 0.0284. The highest BCUT2D eigenvalue weighted by molar-refractivity contribution is 7.12. The fraction of sp³-hybridized carbons (Fsp3) is 0.222. The lowest BCUT2D eigenvalue weighted by Gasteiger charge is -2.25. The van der Waals surface area contributed by atoms with E-state index in [1.165, 1.54) is 27.6 Å². The summed E-state index contributed by atoms with van der Waals surface area (Å²) in [6.45, 7) is 2.43. The van der Waals surface area contributed by atoms with Crippen molar-refractivity contribution in [2.45, 2.75) is 38.6 Å². The Kier molecular flexibility index (Phi) is 6.37. The zero-order valence-electron chi connectivity index (χ0n) is 19.3. The molecule has 3 N–H and O–H groups in total. The molecule has 178 valence electrons. The number of aryl methyl sites for hydroxylation is 1. The number of aromatic nitrogens is 2. The van der Waals surface area contributed by atoms with Gasteiger partial charge in [0.2, 0.25) is 0 Å². The molecule has 0 atom stereocenters. The molecular formula is C27H26N4O3S. The van der Waals surface area contributed by atoms with Crippen LogP contribution in [0.25, 0.3) is 11.3 Å². The number of benzene rings is 2. The normalized spacial score (nSPS) is 13.3. The van der Waals surface area contributed by atoms with Gasteiger partial charge in [0.25, 0.3) is 5.91 Å². The van der Waals surface area contributed by atoms with E-state index in [2.05, 4.69) is 15.7 Å². The topological polar surface area (TPSA) is 96.3 Å². The van der Waals surface area contributed by atoms with Crippen molar-refractivity contribution in [2.75, 3.05) is 5.32 Å². The summed E-state index contributed by atoms with van der Waals surface area (Å²) >= 11 is 1.35. The molecule has 1 fully saturated rings. The van der Waals surface area contributed by atoms with E-state index in [0.29, 0.717) is 28.4 Å². The Hall–Kier alpha value is -3.91. The van der Waals surface area contributed by atoms with E-state index >= 15 is 0 Å². The summed E-state index contributed by atoms with van der Waals surface area (Å²) in [4.78, 5) is 26.0. The van der Waals surface area contributed by atoms with Gasteiger partial charge in [-0.2, -0.15) is 9.78 Å². The molecule has 0 aliphatic heterocycles. The molecule has 1 aliphatic carbocycles. The molecule has 35 heavy (non-hydrogen) atoms. The second-order valence-electron chi connectivity index (χ2n) is 8.80. The summed E-state index contributed by atoms with van der Waals surface area (Å²) in [6.07, 6.45) is 3.14. The molecule has 0 saturated heterocycles. The van der Waals surface area contributed by atoms with Crippen molar-refractivity contribution in [3.63, 3.8) is 0 Å². The molecule has 8 heteroatoms. The number of carbonyl (C=O) groups excluding carboxylic acids is 2. The van der Waals surface area contributed by atoms with Crippen molar-refractivity contribution in [3.8, 4) is 17.0 Å². The minimum Gasteiger partial charge on any atom is -0.507 e. The van der Waals surface area contributed by atoms with Gasteiger partial charge < -0.3 is 15.7 Å². The Morgan fingerprint density at radius 2 is 1.91 bits per heavy atom. The highest BCUT2D eigenvalue weighted by Gasteiger charge is 2.27. The van der Waals surface area contributed by atoms with Crippen molar-refractivity contribution in [1.82, 2.24) is 15.1 Å². The predicted molar refractivity (Wildman–Crippen MR) is 137 cm³/mol. The van der Waals surface area contributed by atoms with Crippen LogP contribution in [-0.4, -0.2) is 26.8 Å². The lowest BCUT2D eigenvalue weighted by atomic mass is 9.82. The molecule has 2 heterocycles. The maximum atomic E-state index is 13.0. The first-order valence-electron chi connectivity index (χ1n) is 11.6. The number of phenols is 1. The van der Waals surface area contributed by atoms with Crippen LogP contribution in [0.15, 0.2) is 66.0 Å². The smallest absolute Gasteiger partial charge is 0.342 e. The van der Waals surface area contributed by atoms with Gasteiger partial charge in [-0.1, -0.05) is 42.3 Å². The molecule has 1 aliphatic rings. The summed E-state index contributed by atoms with van der Waals surface area (Å²) in [5.41, 5.74) is 4.54. The zero-order chi connectivity index (χ0) is 24.4. The number of hydrogen-bond acceptors (Lipinski definition) is 5. The standard InChI is InChI=1S/C27H26N4O3S/c1-17-7-9-18(10-8-17)16-28-27(34)31-23(19-4-2-5-19)15-22(30-31)21-12-11-20(14-24(21)32)29-26(33)25-6-3-13-35-25/h3,6-15,19,32H,2,4-5,16H2,1H3,(H,28,34)(H,29,33). The second kappa shape index (κ2) is 9.76. The molecule has 0 bridgehead atoms. The first-order valence-corrected chi connectivity index (χ1v) is 12.5. The quantitative estimate of drug-likeness (QED) is 0.316. The van der Waals surface area contributed by atoms with Gasteiger partial charge in [-0.25, -0.2) is 4.79 Å². The Morgan fingerprint density at radius 3 is 2.57 bits per heavy atom. The third-order valence-corrected chi connectivity index (χ3v) is 7.16. The Morgan fingerprint density at radius 1 is 1.11 bits per heavy atom. The number of phenolic OH excluding ortho intramolecular Hbond substituents is 1. The van der Waals surface area contributed by atoms with Crippen LogP contribution in [0.4, 0.5) is 10.5 Å². The van der Waals surface area contributed by atoms with Crippen molar-refractivity contribution in [1.29, 1.82) is 0 Å². The largest absolute Gasteiger partial charge is 0.507 e. The molecule has 4 aromatic rings. The molecule has 5 rings (SSSR count). The van der Waals surface area contributed by atoms with Crippen LogP contribution >= 0.6 is 11.3 Å². The SMILES string of the molecule is Cc1ccc(CNC(=O)n2nc(-c3ccc(NC(=O)c4cccs4)cc3O)cc2C2CCC2)cc1. The molecule has 2 aromatic heterocycles. The molecule has 1 saturated carbocycles. The fourth-order valence-electron chi connectivity index (χ4n) is 4.07. The van der Waals surface area contributed by atoms with Gasteiger partial charge in [0.15, 0.2) is 0 Å². The van der Waals surface area contributed by atoms with Crippen LogP contribution in [0.5, 0.6) is 5.75 Å². The monoisotopic (exact) mass is 486 g/mol. The molecule has 2 aromatic carbocycles. The minimum absolute atomic E-state index is 0.0150. The first kappa shape index (κ1) is 22.9. The number of rotatable bonds is 6. The number of amides is 2. The van der Waals surface area contributed by atoms with Crippen molar-refractivity contribution >= 4 is 29.0 Å². The van der Waals surface area contributed by atoms with Gasteiger partial charge in [-0.3, -0.25) is 4.79 Å². The maximum absolute atomic E-state index is 13.0. The Bertz CT molecular complexity index is 1360. The van der Waals surface area contributed by atoms with Crippen LogP contribution in [-0.2, 0) is 6.54 Å². The van der Waals surface area contributed by atoms with E-state index in [1.807, 2.05) is 48.7 Å². The van der Waals surface area contributed by atoms with E-state index in [-0.39, 0.29) is 23.6 Å². The summed E-state index contributed by atoms with van der Waals surface area (Å²) in [5, 5.41) is 22.9. The van der Waals surface area contributed by atoms with Gasteiger partial charge in [0.1, 0.15) is 5.75 Å². The van der Waals surface area contributed by atoms with E-state index in [9.17, 15) is 14.7 Å².